The highest BCUT2D eigenvalue weighted by molar-refractivity contribution is 5.77. The molecule has 0 fully saturated rings. The normalized spacial score (nSPS) is 19.4. The van der Waals surface area contributed by atoms with Crippen LogP contribution in [-0.2, 0) is 11.3 Å². The maximum absolute atomic E-state index is 11.0. The zero-order chi connectivity index (χ0) is 10.8. The minimum Gasteiger partial charge on any atom is -0.497 e. The molecular weight excluding hydrogens is 194 g/mol. The fraction of sp³-hybridized carbons (Fsp3) is 0.364. The van der Waals surface area contributed by atoms with Crippen molar-refractivity contribution < 1.29 is 14.6 Å². The third-order valence-electron chi connectivity index (χ3n) is 2.69. The Labute approximate surface area is 87.9 Å². The Morgan fingerprint density at radius 3 is 3.07 bits per heavy atom. The topological polar surface area (TPSA) is 58.6 Å². The Hall–Kier alpha value is -1.55. The summed E-state index contributed by atoms with van der Waals surface area (Å²) >= 11 is 0. The number of methoxy groups -OCH3 is 1. The van der Waals surface area contributed by atoms with Crippen LogP contribution in [0.25, 0.3) is 0 Å². The minimum absolute atomic E-state index is 0.469. The van der Waals surface area contributed by atoms with Gasteiger partial charge in [-0.05, 0) is 23.3 Å². The first-order valence-corrected chi connectivity index (χ1v) is 4.82. The Morgan fingerprint density at radius 1 is 1.60 bits per heavy atom. The van der Waals surface area contributed by atoms with Gasteiger partial charge in [-0.2, -0.15) is 0 Å². The highest BCUT2D eigenvalue weighted by Gasteiger charge is 2.26. The Kier molecular flexibility index (Phi) is 2.60. The van der Waals surface area contributed by atoms with E-state index in [4.69, 9.17) is 9.84 Å². The lowest BCUT2D eigenvalue weighted by Crippen LogP contribution is -2.32. The van der Waals surface area contributed by atoms with E-state index in [2.05, 4.69) is 5.32 Å². The molecule has 1 aromatic carbocycles. The molecule has 0 spiro atoms. The van der Waals surface area contributed by atoms with Crippen LogP contribution < -0.4 is 10.1 Å². The maximum Gasteiger partial charge on any atom is 0.312 e. The molecule has 80 valence electrons. The highest BCUT2D eigenvalue weighted by atomic mass is 16.5. The Morgan fingerprint density at radius 2 is 2.40 bits per heavy atom. The Bertz CT molecular complexity index is 389. The quantitative estimate of drug-likeness (QED) is 0.758. The average molecular weight is 207 g/mol. The van der Waals surface area contributed by atoms with Gasteiger partial charge >= 0.3 is 5.97 Å². The molecule has 0 aromatic heterocycles. The molecule has 4 nitrogen and oxygen atoms in total. The van der Waals surface area contributed by atoms with E-state index in [9.17, 15) is 4.79 Å². The smallest absolute Gasteiger partial charge is 0.312 e. The van der Waals surface area contributed by atoms with E-state index in [-0.39, 0.29) is 0 Å². The molecule has 2 rings (SSSR count). The van der Waals surface area contributed by atoms with E-state index in [1.165, 1.54) is 0 Å². The molecule has 1 aliphatic rings. The molecule has 1 aromatic rings. The van der Waals surface area contributed by atoms with Crippen molar-refractivity contribution >= 4 is 5.97 Å². The van der Waals surface area contributed by atoms with E-state index in [0.29, 0.717) is 12.3 Å². The van der Waals surface area contributed by atoms with Gasteiger partial charge < -0.3 is 15.2 Å². The first kappa shape index (κ1) is 9.98. The lowest BCUT2D eigenvalue weighted by atomic mass is 9.91. The number of hydrogen-bond acceptors (Lipinski definition) is 3. The van der Waals surface area contributed by atoms with E-state index in [1.54, 1.807) is 7.11 Å². The monoisotopic (exact) mass is 207 g/mol. The number of carboxylic acid groups (broad SMARTS) is 1. The summed E-state index contributed by atoms with van der Waals surface area (Å²) in [5, 5.41) is 12.2. The summed E-state index contributed by atoms with van der Waals surface area (Å²) in [5.74, 6) is -0.553. The lowest BCUT2D eigenvalue weighted by molar-refractivity contribution is -0.138. The summed E-state index contributed by atoms with van der Waals surface area (Å²) in [4.78, 5) is 11.0. The summed E-state index contributed by atoms with van der Waals surface area (Å²) in [6.45, 7) is 1.21. The highest BCUT2D eigenvalue weighted by Crippen LogP contribution is 2.27. The molecule has 0 amide bonds. The molecule has 4 heteroatoms. The summed E-state index contributed by atoms with van der Waals surface area (Å²) in [7, 11) is 1.58. The molecule has 0 saturated heterocycles. The third-order valence-corrected chi connectivity index (χ3v) is 2.69. The molecule has 0 aliphatic carbocycles. The predicted octanol–water partition coefficient (Wildman–Crippen LogP) is 0.967. The standard InChI is InChI=1S/C11H13NO3/c1-15-8-3-2-7-5-12-6-10(11(13)14)9(7)4-8/h2-4,10,12H,5-6H2,1H3,(H,13,14)/t10-/m0/s1. The van der Waals surface area contributed by atoms with Crippen molar-refractivity contribution in [1.82, 2.24) is 5.32 Å². The van der Waals surface area contributed by atoms with Crippen molar-refractivity contribution in [3.63, 3.8) is 0 Å². The molecule has 0 bridgehead atoms. The number of ether oxygens (including phenoxy) is 1. The van der Waals surface area contributed by atoms with E-state index in [1.807, 2.05) is 18.2 Å². The van der Waals surface area contributed by atoms with Crippen molar-refractivity contribution in [1.29, 1.82) is 0 Å². The van der Waals surface area contributed by atoms with Crippen molar-refractivity contribution in [2.75, 3.05) is 13.7 Å². The maximum atomic E-state index is 11.0. The number of carbonyl (C=O) groups is 1. The molecule has 1 atom stereocenters. The van der Waals surface area contributed by atoms with Crippen molar-refractivity contribution in [3.8, 4) is 5.75 Å². The van der Waals surface area contributed by atoms with Crippen molar-refractivity contribution in [2.45, 2.75) is 12.5 Å². The van der Waals surface area contributed by atoms with Crippen LogP contribution in [0.1, 0.15) is 17.0 Å². The van der Waals surface area contributed by atoms with Crippen LogP contribution in [0.4, 0.5) is 0 Å². The minimum atomic E-state index is -0.795. The number of benzene rings is 1. The second-order valence-electron chi connectivity index (χ2n) is 3.59. The fourth-order valence-corrected chi connectivity index (χ4v) is 1.87. The van der Waals surface area contributed by atoms with Crippen LogP contribution in [0.2, 0.25) is 0 Å². The second kappa shape index (κ2) is 3.90. The van der Waals surface area contributed by atoms with Crippen LogP contribution in [0, 0.1) is 0 Å². The average Bonchev–Trinajstić information content (AvgIpc) is 2.27. The number of aliphatic carboxylic acids is 1. The van der Waals surface area contributed by atoms with Gasteiger partial charge in [0.25, 0.3) is 0 Å². The van der Waals surface area contributed by atoms with Gasteiger partial charge in [0.2, 0.25) is 0 Å². The van der Waals surface area contributed by atoms with Crippen LogP contribution in [0.15, 0.2) is 18.2 Å². The molecular formula is C11H13NO3. The number of hydrogen-bond donors (Lipinski definition) is 2. The largest absolute Gasteiger partial charge is 0.497 e. The van der Waals surface area contributed by atoms with Gasteiger partial charge in [-0.15, -0.1) is 0 Å². The van der Waals surface area contributed by atoms with Gasteiger partial charge in [-0.25, -0.2) is 0 Å². The summed E-state index contributed by atoms with van der Waals surface area (Å²) in [6.07, 6.45) is 0. The molecule has 1 heterocycles. The number of fused-ring (bicyclic) bond motifs is 1. The second-order valence-corrected chi connectivity index (χ2v) is 3.59. The zero-order valence-electron chi connectivity index (χ0n) is 8.49. The molecule has 0 saturated carbocycles. The van der Waals surface area contributed by atoms with Gasteiger partial charge in [0.1, 0.15) is 5.75 Å². The summed E-state index contributed by atoms with van der Waals surface area (Å²) < 4.78 is 5.09. The number of rotatable bonds is 2. The number of nitrogens with one attached hydrogen (secondary N) is 1. The van der Waals surface area contributed by atoms with E-state index < -0.39 is 11.9 Å². The van der Waals surface area contributed by atoms with E-state index >= 15 is 0 Å². The van der Waals surface area contributed by atoms with Crippen LogP contribution in [0.3, 0.4) is 0 Å². The van der Waals surface area contributed by atoms with Crippen molar-refractivity contribution in [2.24, 2.45) is 0 Å². The zero-order valence-corrected chi connectivity index (χ0v) is 8.49. The summed E-state index contributed by atoms with van der Waals surface area (Å²) in [5.41, 5.74) is 1.90. The lowest BCUT2D eigenvalue weighted by Gasteiger charge is -2.23. The van der Waals surface area contributed by atoms with Crippen molar-refractivity contribution in [3.05, 3.63) is 29.3 Å². The molecule has 0 unspecified atom stereocenters. The first-order chi connectivity index (χ1) is 7.22. The van der Waals surface area contributed by atoms with Gasteiger partial charge in [0.05, 0.1) is 13.0 Å². The third kappa shape index (κ3) is 1.80. The van der Waals surface area contributed by atoms with Crippen LogP contribution >= 0.6 is 0 Å². The van der Waals surface area contributed by atoms with Gasteiger partial charge in [0.15, 0.2) is 0 Å². The molecule has 0 radical (unpaired) electrons. The fourth-order valence-electron chi connectivity index (χ4n) is 1.87. The number of carboxylic acids is 1. The van der Waals surface area contributed by atoms with Gasteiger partial charge in [0, 0.05) is 13.1 Å². The van der Waals surface area contributed by atoms with E-state index in [0.717, 1.165) is 17.7 Å². The molecule has 1 aliphatic heterocycles. The first-order valence-electron chi connectivity index (χ1n) is 4.82. The predicted molar refractivity (Wildman–Crippen MR) is 55.1 cm³/mol. The SMILES string of the molecule is COc1ccc2c(c1)[C@@H](C(=O)O)CNC2. The molecule has 15 heavy (non-hydrogen) atoms. The van der Waals surface area contributed by atoms with Gasteiger partial charge in [-0.3, -0.25) is 4.79 Å². The van der Waals surface area contributed by atoms with Crippen LogP contribution in [-0.4, -0.2) is 24.7 Å². The van der Waals surface area contributed by atoms with Crippen LogP contribution in [0.5, 0.6) is 5.75 Å². The summed E-state index contributed by atoms with van der Waals surface area (Å²) in [6, 6.07) is 5.58. The van der Waals surface area contributed by atoms with Gasteiger partial charge in [-0.1, -0.05) is 6.07 Å². The molecule has 2 N–H and O–H groups in total. The Balaban J connectivity index is 2.43.